The van der Waals surface area contributed by atoms with Crippen molar-refractivity contribution in [3.05, 3.63) is 42.5 Å². The molecule has 0 aromatic heterocycles. The fourth-order valence-corrected chi connectivity index (χ4v) is 3.27. The Labute approximate surface area is 102 Å². The molecular weight excluding hydrogens is 234 g/mol. The SMILES string of the molecule is CN1c2cc(O)ccc2-c2ccccc2S1=O. The first kappa shape index (κ1) is 10.4. The Hall–Kier alpha value is -1.81. The van der Waals surface area contributed by atoms with Crippen LogP contribution in [0.15, 0.2) is 47.4 Å². The zero-order chi connectivity index (χ0) is 12.0. The van der Waals surface area contributed by atoms with Crippen LogP contribution in [-0.4, -0.2) is 16.4 Å². The molecule has 17 heavy (non-hydrogen) atoms. The summed E-state index contributed by atoms with van der Waals surface area (Å²) in [5.74, 6) is 0.187. The van der Waals surface area contributed by atoms with Crippen LogP contribution in [0, 0.1) is 0 Å². The topological polar surface area (TPSA) is 40.5 Å². The van der Waals surface area contributed by atoms with Gasteiger partial charge in [-0.3, -0.25) is 4.31 Å². The van der Waals surface area contributed by atoms with E-state index in [4.69, 9.17) is 0 Å². The van der Waals surface area contributed by atoms with Gasteiger partial charge in [0.2, 0.25) is 0 Å². The summed E-state index contributed by atoms with van der Waals surface area (Å²) in [5.41, 5.74) is 2.77. The van der Waals surface area contributed by atoms with Crippen LogP contribution in [0.25, 0.3) is 11.1 Å². The molecule has 1 N–H and O–H groups in total. The monoisotopic (exact) mass is 245 g/mol. The summed E-state index contributed by atoms with van der Waals surface area (Å²) in [6.45, 7) is 0. The van der Waals surface area contributed by atoms with Crippen molar-refractivity contribution >= 4 is 16.7 Å². The molecule has 2 aromatic rings. The van der Waals surface area contributed by atoms with E-state index in [1.165, 1.54) is 0 Å². The molecule has 0 amide bonds. The van der Waals surface area contributed by atoms with Crippen molar-refractivity contribution in [3.8, 4) is 16.9 Å². The third-order valence-electron chi connectivity index (χ3n) is 2.93. The van der Waals surface area contributed by atoms with Gasteiger partial charge < -0.3 is 5.11 Å². The molecule has 3 rings (SSSR count). The van der Waals surface area contributed by atoms with Crippen molar-refractivity contribution in [2.75, 3.05) is 11.4 Å². The second kappa shape index (κ2) is 3.60. The highest BCUT2D eigenvalue weighted by atomic mass is 32.2. The molecule has 1 heterocycles. The first-order valence-corrected chi connectivity index (χ1v) is 6.37. The number of anilines is 1. The summed E-state index contributed by atoms with van der Waals surface area (Å²) < 4.78 is 13.9. The highest BCUT2D eigenvalue weighted by Crippen LogP contribution is 2.41. The van der Waals surface area contributed by atoms with Gasteiger partial charge in [-0.15, -0.1) is 0 Å². The number of benzene rings is 2. The Kier molecular flexibility index (Phi) is 2.19. The van der Waals surface area contributed by atoms with Crippen LogP contribution in [0.1, 0.15) is 0 Å². The lowest BCUT2D eigenvalue weighted by Crippen LogP contribution is -2.24. The molecule has 0 spiro atoms. The quantitative estimate of drug-likeness (QED) is 0.774. The molecule has 1 unspecified atom stereocenters. The zero-order valence-electron chi connectivity index (χ0n) is 9.25. The van der Waals surface area contributed by atoms with Crippen molar-refractivity contribution in [3.63, 3.8) is 0 Å². The molecule has 0 saturated heterocycles. The van der Waals surface area contributed by atoms with Gasteiger partial charge in [0, 0.05) is 24.2 Å². The number of hydrogen-bond acceptors (Lipinski definition) is 2. The summed E-state index contributed by atoms with van der Waals surface area (Å²) in [7, 11) is 0.561. The summed E-state index contributed by atoms with van der Waals surface area (Å²) in [5, 5.41) is 9.51. The predicted molar refractivity (Wildman–Crippen MR) is 68.4 cm³/mol. The standard InChI is InChI=1S/C13H11NO2S/c1-14-12-8-9(15)6-7-10(12)11-4-2-3-5-13(11)17(14)16/h2-8,15H,1H3. The van der Waals surface area contributed by atoms with Crippen LogP contribution in [0.3, 0.4) is 0 Å². The average molecular weight is 245 g/mol. The highest BCUT2D eigenvalue weighted by molar-refractivity contribution is 7.86. The van der Waals surface area contributed by atoms with Crippen LogP contribution >= 0.6 is 0 Å². The first-order chi connectivity index (χ1) is 8.18. The van der Waals surface area contributed by atoms with Gasteiger partial charge in [-0.05, 0) is 18.2 Å². The minimum Gasteiger partial charge on any atom is -0.508 e. The molecule has 0 bridgehead atoms. The molecule has 3 nitrogen and oxygen atoms in total. The van der Waals surface area contributed by atoms with Crippen molar-refractivity contribution in [2.45, 2.75) is 4.90 Å². The molecule has 0 saturated carbocycles. The third kappa shape index (κ3) is 1.45. The number of phenolic OH excluding ortho intramolecular Hbond substituents is 1. The zero-order valence-corrected chi connectivity index (χ0v) is 10.1. The Morgan fingerprint density at radius 1 is 1.12 bits per heavy atom. The maximum Gasteiger partial charge on any atom is 0.153 e. The number of aromatic hydroxyl groups is 1. The third-order valence-corrected chi connectivity index (χ3v) is 4.36. The lowest BCUT2D eigenvalue weighted by Gasteiger charge is -2.28. The Bertz CT molecular complexity index is 625. The molecule has 1 aliphatic heterocycles. The lowest BCUT2D eigenvalue weighted by molar-refractivity contribution is 0.475. The van der Waals surface area contributed by atoms with E-state index in [9.17, 15) is 9.32 Å². The van der Waals surface area contributed by atoms with Crippen molar-refractivity contribution in [1.29, 1.82) is 0 Å². The second-order valence-electron chi connectivity index (χ2n) is 3.94. The van der Waals surface area contributed by atoms with Crippen molar-refractivity contribution in [2.24, 2.45) is 0 Å². The van der Waals surface area contributed by atoms with E-state index in [1.807, 2.05) is 30.3 Å². The van der Waals surface area contributed by atoms with E-state index in [-0.39, 0.29) is 5.75 Å². The van der Waals surface area contributed by atoms with Crippen LogP contribution in [-0.2, 0) is 11.0 Å². The Balaban J connectivity index is 2.35. The van der Waals surface area contributed by atoms with Gasteiger partial charge in [-0.25, -0.2) is 4.21 Å². The normalized spacial score (nSPS) is 17.5. The van der Waals surface area contributed by atoms with Crippen LogP contribution in [0.4, 0.5) is 5.69 Å². The number of phenols is 1. The predicted octanol–water partition coefficient (Wildman–Crippen LogP) is 2.53. The molecule has 0 aliphatic carbocycles. The fraction of sp³-hybridized carbons (Fsp3) is 0.0769. The Morgan fingerprint density at radius 2 is 1.88 bits per heavy atom. The number of fused-ring (bicyclic) bond motifs is 3. The van der Waals surface area contributed by atoms with Gasteiger partial charge in [0.15, 0.2) is 11.0 Å². The van der Waals surface area contributed by atoms with Gasteiger partial charge in [-0.2, -0.15) is 0 Å². The number of rotatable bonds is 0. The summed E-state index contributed by atoms with van der Waals surface area (Å²) in [6, 6.07) is 12.8. The second-order valence-corrected chi connectivity index (χ2v) is 5.43. The maximum absolute atomic E-state index is 12.2. The van der Waals surface area contributed by atoms with Crippen molar-refractivity contribution < 1.29 is 9.32 Å². The molecule has 1 aliphatic rings. The highest BCUT2D eigenvalue weighted by Gasteiger charge is 2.25. The van der Waals surface area contributed by atoms with Crippen LogP contribution < -0.4 is 4.31 Å². The first-order valence-electron chi connectivity index (χ1n) is 5.26. The molecular formula is C13H11NO2S. The van der Waals surface area contributed by atoms with E-state index in [0.29, 0.717) is 0 Å². The van der Waals surface area contributed by atoms with Gasteiger partial charge in [0.1, 0.15) is 5.75 Å². The summed E-state index contributed by atoms with van der Waals surface area (Å²) in [4.78, 5) is 0.813. The molecule has 2 aromatic carbocycles. The van der Waals surface area contributed by atoms with Crippen LogP contribution in [0.2, 0.25) is 0 Å². The Morgan fingerprint density at radius 3 is 2.71 bits per heavy atom. The van der Waals surface area contributed by atoms with Gasteiger partial charge in [0.05, 0.1) is 10.6 Å². The minimum absolute atomic E-state index is 0.187. The van der Waals surface area contributed by atoms with E-state index >= 15 is 0 Å². The molecule has 4 heteroatoms. The molecule has 86 valence electrons. The molecule has 1 atom stereocenters. The maximum atomic E-state index is 12.2. The number of hydrogen-bond donors (Lipinski definition) is 1. The molecule has 0 radical (unpaired) electrons. The largest absolute Gasteiger partial charge is 0.508 e. The van der Waals surface area contributed by atoms with Crippen LogP contribution in [0.5, 0.6) is 5.75 Å². The van der Waals surface area contributed by atoms with Gasteiger partial charge in [0.25, 0.3) is 0 Å². The smallest absolute Gasteiger partial charge is 0.153 e. The minimum atomic E-state index is -1.21. The molecule has 0 fully saturated rings. The van der Waals surface area contributed by atoms with E-state index in [0.717, 1.165) is 21.7 Å². The lowest BCUT2D eigenvalue weighted by atomic mass is 10.0. The fourth-order valence-electron chi connectivity index (χ4n) is 2.09. The van der Waals surface area contributed by atoms with E-state index < -0.39 is 11.0 Å². The average Bonchev–Trinajstić information content (AvgIpc) is 2.36. The van der Waals surface area contributed by atoms with Gasteiger partial charge in [-0.1, -0.05) is 18.2 Å². The van der Waals surface area contributed by atoms with Crippen molar-refractivity contribution in [1.82, 2.24) is 0 Å². The number of nitrogens with zero attached hydrogens (tertiary/aromatic N) is 1. The van der Waals surface area contributed by atoms with E-state index in [1.54, 1.807) is 23.5 Å². The summed E-state index contributed by atoms with van der Waals surface area (Å²) in [6.07, 6.45) is 0. The van der Waals surface area contributed by atoms with E-state index in [2.05, 4.69) is 0 Å². The van der Waals surface area contributed by atoms with Gasteiger partial charge >= 0.3 is 0 Å². The summed E-state index contributed by atoms with van der Waals surface area (Å²) >= 11 is 0.